The first kappa shape index (κ1) is 6.55. The van der Waals surface area contributed by atoms with Crippen LogP contribution >= 0.6 is 0 Å². The Kier molecular flexibility index (Phi) is 2.05. The van der Waals surface area contributed by atoms with Crippen LogP contribution < -0.4 is 5.32 Å². The first-order valence-electron chi connectivity index (χ1n) is 3.09. The first-order valence-corrected chi connectivity index (χ1v) is 3.09. The summed E-state index contributed by atoms with van der Waals surface area (Å²) in [5.41, 5.74) is 0. The molecule has 1 rings (SSSR count). The van der Waals surface area contributed by atoms with Gasteiger partial charge in [0.2, 0.25) is 0 Å². The van der Waals surface area contributed by atoms with Gasteiger partial charge in [0.25, 0.3) is 0 Å². The SMILES string of the molecule is CC(=O)OC1CC[N]C1. The summed E-state index contributed by atoms with van der Waals surface area (Å²) in [7, 11) is 0. The smallest absolute Gasteiger partial charge is 0.302 e. The highest BCUT2D eigenvalue weighted by molar-refractivity contribution is 5.66. The summed E-state index contributed by atoms with van der Waals surface area (Å²) in [4.78, 5) is 10.3. The van der Waals surface area contributed by atoms with E-state index >= 15 is 0 Å². The fraction of sp³-hybridized carbons (Fsp3) is 0.833. The van der Waals surface area contributed by atoms with Crippen molar-refractivity contribution in [1.82, 2.24) is 5.32 Å². The highest BCUT2D eigenvalue weighted by Gasteiger charge is 2.17. The lowest BCUT2D eigenvalue weighted by atomic mass is 10.3. The molecule has 1 heterocycles. The van der Waals surface area contributed by atoms with Gasteiger partial charge in [-0.1, -0.05) is 0 Å². The average molecular weight is 128 g/mol. The molecule has 0 amide bonds. The lowest BCUT2D eigenvalue weighted by Crippen LogP contribution is -2.16. The Morgan fingerprint density at radius 1 is 1.78 bits per heavy atom. The van der Waals surface area contributed by atoms with Crippen molar-refractivity contribution in [1.29, 1.82) is 0 Å². The van der Waals surface area contributed by atoms with Crippen LogP contribution in [0.4, 0.5) is 0 Å². The third-order valence-corrected chi connectivity index (χ3v) is 1.27. The van der Waals surface area contributed by atoms with E-state index in [0.29, 0.717) is 6.54 Å². The second kappa shape index (κ2) is 2.82. The van der Waals surface area contributed by atoms with Crippen molar-refractivity contribution >= 4 is 5.97 Å². The summed E-state index contributed by atoms with van der Waals surface area (Å²) < 4.78 is 4.88. The van der Waals surface area contributed by atoms with Crippen LogP contribution in [-0.4, -0.2) is 25.2 Å². The lowest BCUT2D eigenvalue weighted by molar-refractivity contribution is -0.145. The predicted molar refractivity (Wildman–Crippen MR) is 32.0 cm³/mol. The Labute approximate surface area is 54.4 Å². The largest absolute Gasteiger partial charge is 0.461 e. The molecule has 1 aliphatic heterocycles. The Balaban J connectivity index is 2.19. The van der Waals surface area contributed by atoms with E-state index < -0.39 is 0 Å². The third kappa shape index (κ3) is 2.01. The maximum absolute atomic E-state index is 10.3. The molecule has 1 unspecified atom stereocenters. The second-order valence-electron chi connectivity index (χ2n) is 2.15. The highest BCUT2D eigenvalue weighted by Crippen LogP contribution is 2.03. The molecular weight excluding hydrogens is 118 g/mol. The molecule has 1 saturated heterocycles. The summed E-state index contributed by atoms with van der Waals surface area (Å²) in [6, 6.07) is 0. The Morgan fingerprint density at radius 3 is 3.00 bits per heavy atom. The number of esters is 1. The molecular formula is C6H10NO2. The van der Waals surface area contributed by atoms with Gasteiger partial charge in [0.05, 0.1) is 6.54 Å². The van der Waals surface area contributed by atoms with Gasteiger partial charge in [-0.25, -0.2) is 5.32 Å². The van der Waals surface area contributed by atoms with Crippen LogP contribution in [0, 0.1) is 0 Å². The number of carbonyl (C=O) groups excluding carboxylic acids is 1. The van der Waals surface area contributed by atoms with E-state index in [1.807, 2.05) is 0 Å². The van der Waals surface area contributed by atoms with Gasteiger partial charge < -0.3 is 4.74 Å². The molecule has 1 atom stereocenters. The van der Waals surface area contributed by atoms with Gasteiger partial charge in [-0.2, -0.15) is 0 Å². The Hall–Kier alpha value is -0.570. The van der Waals surface area contributed by atoms with Crippen molar-refractivity contribution < 1.29 is 9.53 Å². The van der Waals surface area contributed by atoms with Gasteiger partial charge in [0.1, 0.15) is 6.10 Å². The normalized spacial score (nSPS) is 26.1. The van der Waals surface area contributed by atoms with Crippen LogP contribution in [0.5, 0.6) is 0 Å². The second-order valence-corrected chi connectivity index (χ2v) is 2.15. The minimum atomic E-state index is -0.197. The molecule has 3 nitrogen and oxygen atoms in total. The average Bonchev–Trinajstić information content (AvgIpc) is 2.15. The van der Waals surface area contributed by atoms with Crippen LogP contribution in [0.25, 0.3) is 0 Å². The summed E-state index contributed by atoms with van der Waals surface area (Å²) in [6.45, 7) is 2.97. The lowest BCUT2D eigenvalue weighted by Gasteiger charge is -2.06. The number of nitrogens with zero attached hydrogens (tertiary/aromatic N) is 1. The fourth-order valence-corrected chi connectivity index (χ4v) is 0.893. The van der Waals surface area contributed by atoms with Crippen molar-refractivity contribution in [2.45, 2.75) is 19.4 Å². The first-order chi connectivity index (χ1) is 4.29. The van der Waals surface area contributed by atoms with Crippen LogP contribution in [0.2, 0.25) is 0 Å². The molecule has 3 heteroatoms. The van der Waals surface area contributed by atoms with Gasteiger partial charge >= 0.3 is 5.97 Å². The van der Waals surface area contributed by atoms with Crippen molar-refractivity contribution in [2.24, 2.45) is 0 Å². The molecule has 1 fully saturated rings. The van der Waals surface area contributed by atoms with Crippen molar-refractivity contribution in [3.63, 3.8) is 0 Å². The third-order valence-electron chi connectivity index (χ3n) is 1.27. The van der Waals surface area contributed by atoms with Crippen LogP contribution in [-0.2, 0) is 9.53 Å². The predicted octanol–water partition coefficient (Wildman–Crippen LogP) is -0.0738. The van der Waals surface area contributed by atoms with E-state index in [0.717, 1.165) is 13.0 Å². The van der Waals surface area contributed by atoms with Crippen LogP contribution in [0.1, 0.15) is 13.3 Å². The van der Waals surface area contributed by atoms with E-state index in [1.54, 1.807) is 0 Å². The van der Waals surface area contributed by atoms with Gasteiger partial charge in [-0.15, -0.1) is 0 Å². The van der Waals surface area contributed by atoms with E-state index in [1.165, 1.54) is 6.92 Å². The Bertz CT molecular complexity index is 108. The van der Waals surface area contributed by atoms with Crippen LogP contribution in [0.15, 0.2) is 0 Å². The van der Waals surface area contributed by atoms with E-state index in [-0.39, 0.29) is 12.1 Å². The molecule has 0 aromatic heterocycles. The van der Waals surface area contributed by atoms with E-state index in [9.17, 15) is 4.79 Å². The number of rotatable bonds is 1. The van der Waals surface area contributed by atoms with Crippen LogP contribution in [0.3, 0.4) is 0 Å². The van der Waals surface area contributed by atoms with Crippen molar-refractivity contribution in [3.8, 4) is 0 Å². The minimum absolute atomic E-state index is 0.0718. The summed E-state index contributed by atoms with van der Waals surface area (Å²) in [5.74, 6) is -0.197. The van der Waals surface area contributed by atoms with Crippen molar-refractivity contribution in [3.05, 3.63) is 0 Å². The maximum Gasteiger partial charge on any atom is 0.302 e. The Morgan fingerprint density at radius 2 is 2.56 bits per heavy atom. The zero-order valence-electron chi connectivity index (χ0n) is 5.46. The van der Waals surface area contributed by atoms with E-state index in [4.69, 9.17) is 4.74 Å². The quantitative estimate of drug-likeness (QED) is 0.464. The molecule has 1 radical (unpaired) electrons. The number of hydrogen-bond acceptors (Lipinski definition) is 2. The van der Waals surface area contributed by atoms with Gasteiger partial charge in [-0.05, 0) is 6.42 Å². The van der Waals surface area contributed by atoms with Crippen molar-refractivity contribution in [2.75, 3.05) is 13.1 Å². The molecule has 0 aromatic rings. The summed E-state index contributed by atoms with van der Waals surface area (Å²) in [6.07, 6.45) is 0.974. The zero-order valence-corrected chi connectivity index (χ0v) is 5.46. The summed E-state index contributed by atoms with van der Waals surface area (Å²) in [5, 5.41) is 4.04. The zero-order chi connectivity index (χ0) is 6.69. The molecule has 1 aliphatic rings. The van der Waals surface area contributed by atoms with Gasteiger partial charge in [-0.3, -0.25) is 4.79 Å². The number of carbonyl (C=O) groups is 1. The molecule has 0 aliphatic carbocycles. The van der Waals surface area contributed by atoms with Gasteiger partial charge in [0, 0.05) is 13.5 Å². The molecule has 0 N–H and O–H groups in total. The fourth-order valence-electron chi connectivity index (χ4n) is 0.893. The standard InChI is InChI=1S/C6H10NO2/c1-5(8)9-6-2-3-7-4-6/h6H,2-4H2,1H3. The van der Waals surface area contributed by atoms with Gasteiger partial charge in [0.15, 0.2) is 0 Å². The number of ether oxygens (including phenoxy) is 1. The monoisotopic (exact) mass is 128 g/mol. The minimum Gasteiger partial charge on any atom is -0.461 e. The molecule has 0 bridgehead atoms. The topological polar surface area (TPSA) is 40.4 Å². The molecule has 0 aromatic carbocycles. The number of hydrogen-bond donors (Lipinski definition) is 0. The molecule has 51 valence electrons. The summed E-state index contributed by atoms with van der Waals surface area (Å²) >= 11 is 0. The molecule has 9 heavy (non-hydrogen) atoms. The van der Waals surface area contributed by atoms with E-state index in [2.05, 4.69) is 5.32 Å². The molecule has 0 saturated carbocycles. The maximum atomic E-state index is 10.3. The molecule has 0 spiro atoms. The highest BCUT2D eigenvalue weighted by atomic mass is 16.5.